The Morgan fingerprint density at radius 2 is 1.86 bits per heavy atom. The van der Waals surface area contributed by atoms with E-state index < -0.39 is 0 Å². The molecule has 0 saturated heterocycles. The third kappa shape index (κ3) is 4.74. The fraction of sp³-hybridized carbons (Fsp3) is 0.632. The van der Waals surface area contributed by atoms with E-state index >= 15 is 0 Å². The van der Waals surface area contributed by atoms with E-state index in [2.05, 4.69) is 24.3 Å². The number of hydrogen-bond acceptors (Lipinski definition) is 2. The Bertz CT molecular complexity index is 463. The van der Waals surface area contributed by atoms with E-state index in [0.717, 1.165) is 5.92 Å². The molecule has 0 spiro atoms. The number of esters is 1. The van der Waals surface area contributed by atoms with Crippen molar-refractivity contribution in [1.82, 2.24) is 0 Å². The van der Waals surface area contributed by atoms with Crippen molar-refractivity contribution in [2.24, 2.45) is 5.92 Å². The van der Waals surface area contributed by atoms with Gasteiger partial charge in [-0.3, -0.25) is 4.79 Å². The normalized spacial score (nSPS) is 18.7. The summed E-state index contributed by atoms with van der Waals surface area (Å²) in [4.78, 5) is 11.7. The summed E-state index contributed by atoms with van der Waals surface area (Å²) in [5.74, 6) is 0.244. The fourth-order valence-corrected chi connectivity index (χ4v) is 3.47. The first-order valence-electron chi connectivity index (χ1n) is 8.51. The van der Waals surface area contributed by atoms with Crippen molar-refractivity contribution in [2.75, 3.05) is 6.61 Å². The number of carbonyl (C=O) groups excluding carboxylic acids is 1. The van der Waals surface area contributed by atoms with Crippen LogP contribution in [0.25, 0.3) is 0 Å². The maximum absolute atomic E-state index is 11.7. The molecule has 1 saturated carbocycles. The molecule has 2 rings (SSSR count). The molecule has 22 heavy (non-hydrogen) atoms. The number of benzene rings is 1. The lowest BCUT2D eigenvalue weighted by atomic mass is 9.84. The Labute approximate surface area is 139 Å². The first-order valence-corrected chi connectivity index (χ1v) is 8.95. The summed E-state index contributed by atoms with van der Waals surface area (Å²) >= 11 is 6.38. The smallest absolute Gasteiger partial charge is 0.310 e. The summed E-state index contributed by atoms with van der Waals surface area (Å²) in [5, 5.41) is -0.223. The Balaban J connectivity index is 1.91. The van der Waals surface area contributed by atoms with E-state index in [1.54, 1.807) is 0 Å². The van der Waals surface area contributed by atoms with Crippen LogP contribution < -0.4 is 0 Å². The summed E-state index contributed by atoms with van der Waals surface area (Å²) in [7, 11) is 0. The molecule has 1 aliphatic rings. The van der Waals surface area contributed by atoms with Crippen molar-refractivity contribution in [3.8, 4) is 0 Å². The lowest BCUT2D eigenvalue weighted by molar-refractivity contribution is -0.147. The zero-order chi connectivity index (χ0) is 15.9. The van der Waals surface area contributed by atoms with Crippen LogP contribution in [-0.2, 0) is 16.0 Å². The lowest BCUT2D eigenvalue weighted by Crippen LogP contribution is -2.25. The van der Waals surface area contributed by atoms with Gasteiger partial charge in [-0.15, -0.1) is 11.6 Å². The van der Waals surface area contributed by atoms with Gasteiger partial charge in [0.2, 0.25) is 0 Å². The number of halogens is 1. The summed E-state index contributed by atoms with van der Waals surface area (Å²) in [6, 6.07) is 8.81. The van der Waals surface area contributed by atoms with Gasteiger partial charge in [-0.25, -0.2) is 0 Å². The van der Waals surface area contributed by atoms with E-state index in [9.17, 15) is 4.79 Å². The van der Waals surface area contributed by atoms with Crippen LogP contribution in [0.4, 0.5) is 0 Å². The average Bonchev–Trinajstić information content (AvgIpc) is 2.56. The highest BCUT2D eigenvalue weighted by molar-refractivity contribution is 6.22. The van der Waals surface area contributed by atoms with Crippen LogP contribution in [0.2, 0.25) is 0 Å². The molecule has 1 aromatic rings. The molecule has 0 heterocycles. The van der Waals surface area contributed by atoms with Crippen LogP contribution in [0.15, 0.2) is 24.3 Å². The molecule has 0 aromatic heterocycles. The number of alkyl halides is 1. The maximum atomic E-state index is 11.7. The van der Waals surface area contributed by atoms with E-state index in [1.807, 2.05) is 13.8 Å². The number of rotatable bonds is 6. The molecule has 2 unspecified atom stereocenters. The van der Waals surface area contributed by atoms with E-state index in [0.29, 0.717) is 13.0 Å². The highest BCUT2D eigenvalue weighted by Crippen LogP contribution is 2.32. The summed E-state index contributed by atoms with van der Waals surface area (Å²) in [6.07, 6.45) is 7.43. The molecular weight excluding hydrogens is 296 g/mol. The first-order chi connectivity index (χ1) is 10.6. The van der Waals surface area contributed by atoms with Gasteiger partial charge in [0, 0.05) is 0 Å². The van der Waals surface area contributed by atoms with Crippen molar-refractivity contribution >= 4 is 17.6 Å². The molecule has 1 aromatic carbocycles. The van der Waals surface area contributed by atoms with Crippen LogP contribution >= 0.6 is 11.6 Å². The van der Waals surface area contributed by atoms with Gasteiger partial charge in [-0.05, 0) is 43.2 Å². The molecule has 0 radical (unpaired) electrons. The van der Waals surface area contributed by atoms with Gasteiger partial charge in [-0.1, -0.05) is 50.5 Å². The highest BCUT2D eigenvalue weighted by atomic mass is 35.5. The highest BCUT2D eigenvalue weighted by Gasteiger charge is 2.23. The third-order valence-electron chi connectivity index (χ3n) is 4.69. The van der Waals surface area contributed by atoms with Crippen molar-refractivity contribution in [1.29, 1.82) is 0 Å². The fourth-order valence-electron chi connectivity index (χ4n) is 3.19. The Kier molecular flexibility index (Phi) is 6.75. The number of ether oxygens (including phenoxy) is 1. The lowest BCUT2D eigenvalue weighted by Gasteiger charge is -2.22. The summed E-state index contributed by atoms with van der Waals surface area (Å²) in [5.41, 5.74) is 2.64. The first kappa shape index (κ1) is 17.3. The van der Waals surface area contributed by atoms with Crippen LogP contribution in [0.5, 0.6) is 0 Å². The number of hydrogen-bond donors (Lipinski definition) is 0. The van der Waals surface area contributed by atoms with Crippen LogP contribution in [0.1, 0.15) is 63.0 Å². The van der Waals surface area contributed by atoms with Gasteiger partial charge >= 0.3 is 5.97 Å². The predicted octanol–water partition coefficient (Wildman–Crippen LogP) is 5.08. The molecule has 2 atom stereocenters. The van der Waals surface area contributed by atoms with Gasteiger partial charge in [0.05, 0.1) is 17.9 Å². The van der Waals surface area contributed by atoms with Gasteiger partial charge in [0.15, 0.2) is 0 Å². The molecule has 3 heteroatoms. The summed E-state index contributed by atoms with van der Waals surface area (Å²) < 4.78 is 5.04. The standard InChI is InChI=1S/C19H27ClO2/c1-3-22-19(21)14(2)18(20)13-15-9-11-17(12-10-15)16-7-5-4-6-8-16/h9-12,14,16,18H,3-8,13H2,1-2H3. The molecule has 0 bridgehead atoms. The molecule has 122 valence electrons. The minimum atomic E-state index is -0.278. The van der Waals surface area contributed by atoms with E-state index in [4.69, 9.17) is 16.3 Å². The van der Waals surface area contributed by atoms with Crippen molar-refractivity contribution < 1.29 is 9.53 Å². The van der Waals surface area contributed by atoms with Crippen LogP contribution in [-0.4, -0.2) is 18.0 Å². The maximum Gasteiger partial charge on any atom is 0.310 e. The third-order valence-corrected chi connectivity index (χ3v) is 5.22. The van der Waals surface area contributed by atoms with Crippen molar-refractivity contribution in [2.45, 2.75) is 63.7 Å². The molecular formula is C19H27ClO2. The van der Waals surface area contributed by atoms with Crippen LogP contribution in [0, 0.1) is 5.92 Å². The quantitative estimate of drug-likeness (QED) is 0.539. The Morgan fingerprint density at radius 3 is 2.45 bits per heavy atom. The second-order valence-corrected chi connectivity index (χ2v) is 6.90. The zero-order valence-electron chi connectivity index (χ0n) is 13.7. The van der Waals surface area contributed by atoms with Gasteiger partial charge in [0.1, 0.15) is 0 Å². The van der Waals surface area contributed by atoms with Gasteiger partial charge < -0.3 is 4.74 Å². The SMILES string of the molecule is CCOC(=O)C(C)C(Cl)Cc1ccc(C2CCCCC2)cc1. The largest absolute Gasteiger partial charge is 0.466 e. The van der Waals surface area contributed by atoms with E-state index in [-0.39, 0.29) is 17.3 Å². The second kappa shape index (κ2) is 8.57. The molecule has 0 N–H and O–H groups in total. The van der Waals surface area contributed by atoms with Gasteiger partial charge in [0.25, 0.3) is 0 Å². The Hall–Kier alpha value is -1.02. The molecule has 1 aliphatic carbocycles. The van der Waals surface area contributed by atoms with Gasteiger partial charge in [-0.2, -0.15) is 0 Å². The van der Waals surface area contributed by atoms with Crippen molar-refractivity contribution in [3.05, 3.63) is 35.4 Å². The zero-order valence-corrected chi connectivity index (χ0v) is 14.4. The minimum absolute atomic E-state index is 0.207. The van der Waals surface area contributed by atoms with Crippen LogP contribution in [0.3, 0.4) is 0 Å². The molecule has 2 nitrogen and oxygen atoms in total. The number of carbonyl (C=O) groups is 1. The average molecular weight is 323 g/mol. The van der Waals surface area contributed by atoms with Crippen molar-refractivity contribution in [3.63, 3.8) is 0 Å². The molecule has 1 fully saturated rings. The minimum Gasteiger partial charge on any atom is -0.466 e. The second-order valence-electron chi connectivity index (χ2n) is 6.34. The predicted molar refractivity (Wildman–Crippen MR) is 91.4 cm³/mol. The molecule has 0 amide bonds. The molecule has 0 aliphatic heterocycles. The van der Waals surface area contributed by atoms with E-state index in [1.165, 1.54) is 43.2 Å². The topological polar surface area (TPSA) is 26.3 Å². The Morgan fingerprint density at radius 1 is 1.23 bits per heavy atom. The summed E-state index contributed by atoms with van der Waals surface area (Å²) in [6.45, 7) is 4.06. The monoisotopic (exact) mass is 322 g/mol.